The molecular weight excluding hydrogens is 257 g/mol. The summed E-state index contributed by atoms with van der Waals surface area (Å²) in [7, 11) is 0. The van der Waals surface area contributed by atoms with Gasteiger partial charge in [0.2, 0.25) is 11.8 Å². The Hall–Kier alpha value is -0.780. The molecule has 0 aromatic rings. The van der Waals surface area contributed by atoms with Crippen LogP contribution in [0.5, 0.6) is 0 Å². The first-order chi connectivity index (χ1) is 8.94. The molecule has 1 saturated carbocycles. The van der Waals surface area contributed by atoms with E-state index < -0.39 is 12.1 Å². The van der Waals surface area contributed by atoms with Gasteiger partial charge in [0.15, 0.2) is 0 Å². The van der Waals surface area contributed by atoms with Crippen molar-refractivity contribution in [2.45, 2.75) is 56.7 Å². The quantitative estimate of drug-likeness (QED) is 0.826. The SMILES string of the molecule is O=C(CC1CCC(F)(F)CC1)NC[C@@H]1C[C@H](F)CN1. The predicted octanol–water partition coefficient (Wildman–Crippen LogP) is 2.02. The third-order valence-electron chi connectivity index (χ3n) is 4.02. The molecule has 1 saturated heterocycles. The Kier molecular flexibility index (Phi) is 4.71. The van der Waals surface area contributed by atoms with Gasteiger partial charge in [0.1, 0.15) is 6.17 Å². The molecule has 2 fully saturated rings. The summed E-state index contributed by atoms with van der Waals surface area (Å²) in [6.07, 6.45) is 0.501. The van der Waals surface area contributed by atoms with Gasteiger partial charge in [0.05, 0.1) is 0 Å². The molecule has 3 nitrogen and oxygen atoms in total. The van der Waals surface area contributed by atoms with E-state index in [2.05, 4.69) is 10.6 Å². The minimum Gasteiger partial charge on any atom is -0.355 e. The van der Waals surface area contributed by atoms with E-state index in [9.17, 15) is 18.0 Å². The fraction of sp³-hybridized carbons (Fsp3) is 0.923. The standard InChI is InChI=1S/C13H21F3N2O/c14-10-6-11(17-7-10)8-18-12(19)5-9-1-3-13(15,16)4-2-9/h9-11,17H,1-8H2,(H,18,19)/t10-,11-/m0/s1. The second-order valence-corrected chi connectivity index (χ2v) is 5.75. The molecule has 2 atom stereocenters. The van der Waals surface area contributed by atoms with Gasteiger partial charge in [0.25, 0.3) is 0 Å². The van der Waals surface area contributed by atoms with Gasteiger partial charge in [-0.1, -0.05) is 0 Å². The third-order valence-corrected chi connectivity index (χ3v) is 4.02. The van der Waals surface area contributed by atoms with E-state index in [-0.39, 0.29) is 30.7 Å². The summed E-state index contributed by atoms with van der Waals surface area (Å²) in [5, 5.41) is 5.74. The van der Waals surface area contributed by atoms with E-state index in [0.717, 1.165) is 0 Å². The number of hydrogen-bond donors (Lipinski definition) is 2. The van der Waals surface area contributed by atoms with Crippen LogP contribution in [0, 0.1) is 5.92 Å². The normalized spacial score (nSPS) is 31.3. The van der Waals surface area contributed by atoms with Gasteiger partial charge in [-0.25, -0.2) is 13.2 Å². The maximum absolute atomic E-state index is 13.0. The minimum atomic E-state index is -2.54. The number of carbonyl (C=O) groups excluding carboxylic acids is 1. The summed E-state index contributed by atoms with van der Waals surface area (Å²) in [6.45, 7) is 0.764. The van der Waals surface area contributed by atoms with E-state index in [1.807, 2.05) is 0 Å². The zero-order valence-electron chi connectivity index (χ0n) is 10.9. The van der Waals surface area contributed by atoms with Crippen molar-refractivity contribution in [2.24, 2.45) is 5.92 Å². The molecule has 0 bridgehead atoms. The van der Waals surface area contributed by atoms with Crippen LogP contribution in [-0.4, -0.2) is 37.1 Å². The van der Waals surface area contributed by atoms with Crippen molar-refractivity contribution in [1.82, 2.24) is 10.6 Å². The molecule has 1 aliphatic heterocycles. The van der Waals surface area contributed by atoms with Gasteiger partial charge >= 0.3 is 0 Å². The van der Waals surface area contributed by atoms with Gasteiger partial charge in [-0.2, -0.15) is 0 Å². The van der Waals surface area contributed by atoms with E-state index in [0.29, 0.717) is 38.8 Å². The summed E-state index contributed by atoms with van der Waals surface area (Å²) in [6, 6.07) is -0.00496. The van der Waals surface area contributed by atoms with Crippen LogP contribution < -0.4 is 10.6 Å². The molecule has 0 aromatic heterocycles. The first-order valence-electron chi connectivity index (χ1n) is 6.96. The number of halogens is 3. The molecule has 0 spiro atoms. The van der Waals surface area contributed by atoms with Crippen molar-refractivity contribution >= 4 is 5.91 Å². The first kappa shape index (κ1) is 14.6. The Morgan fingerprint density at radius 2 is 2.00 bits per heavy atom. The second kappa shape index (κ2) is 6.11. The van der Waals surface area contributed by atoms with Crippen LogP contribution in [0.25, 0.3) is 0 Å². The highest BCUT2D eigenvalue weighted by atomic mass is 19.3. The lowest BCUT2D eigenvalue weighted by Gasteiger charge is -2.27. The van der Waals surface area contributed by atoms with Crippen molar-refractivity contribution in [3.05, 3.63) is 0 Å². The van der Waals surface area contributed by atoms with Crippen molar-refractivity contribution in [2.75, 3.05) is 13.1 Å². The molecule has 2 N–H and O–H groups in total. The molecule has 1 aliphatic carbocycles. The second-order valence-electron chi connectivity index (χ2n) is 5.75. The average Bonchev–Trinajstić information content (AvgIpc) is 2.75. The van der Waals surface area contributed by atoms with Crippen LogP contribution in [0.4, 0.5) is 13.2 Å². The number of rotatable bonds is 4. The van der Waals surface area contributed by atoms with Crippen molar-refractivity contribution in [1.29, 1.82) is 0 Å². The molecule has 1 heterocycles. The summed E-state index contributed by atoms with van der Waals surface area (Å²) in [4.78, 5) is 11.7. The molecule has 0 unspecified atom stereocenters. The van der Waals surface area contributed by atoms with Crippen molar-refractivity contribution in [3.8, 4) is 0 Å². The number of carbonyl (C=O) groups is 1. The number of hydrogen-bond acceptors (Lipinski definition) is 2. The van der Waals surface area contributed by atoms with Crippen LogP contribution in [0.1, 0.15) is 38.5 Å². The van der Waals surface area contributed by atoms with E-state index in [1.165, 1.54) is 0 Å². The summed E-state index contributed by atoms with van der Waals surface area (Å²) in [5.41, 5.74) is 0. The highest BCUT2D eigenvalue weighted by Crippen LogP contribution is 2.37. The van der Waals surface area contributed by atoms with Crippen LogP contribution >= 0.6 is 0 Å². The minimum absolute atomic E-state index is 0.00496. The van der Waals surface area contributed by atoms with E-state index in [4.69, 9.17) is 0 Å². The smallest absolute Gasteiger partial charge is 0.248 e. The average molecular weight is 278 g/mol. The molecule has 0 radical (unpaired) electrons. The Labute approximate surface area is 111 Å². The first-order valence-corrected chi connectivity index (χ1v) is 6.96. The molecular formula is C13H21F3N2O. The lowest BCUT2D eigenvalue weighted by Crippen LogP contribution is -2.38. The van der Waals surface area contributed by atoms with Crippen LogP contribution in [0.3, 0.4) is 0 Å². The lowest BCUT2D eigenvalue weighted by atomic mass is 9.84. The van der Waals surface area contributed by atoms with Gasteiger partial charge in [-0.3, -0.25) is 4.79 Å². The molecule has 6 heteroatoms. The maximum Gasteiger partial charge on any atom is 0.248 e. The third kappa shape index (κ3) is 4.67. The maximum atomic E-state index is 13.0. The Balaban J connectivity index is 1.62. The largest absolute Gasteiger partial charge is 0.355 e. The zero-order chi connectivity index (χ0) is 13.9. The van der Waals surface area contributed by atoms with E-state index in [1.54, 1.807) is 0 Å². The molecule has 2 rings (SSSR count). The predicted molar refractivity (Wildman–Crippen MR) is 65.8 cm³/mol. The summed E-state index contributed by atoms with van der Waals surface area (Å²) < 4.78 is 38.8. The number of nitrogens with one attached hydrogen (secondary N) is 2. The Morgan fingerprint density at radius 3 is 2.58 bits per heavy atom. The Morgan fingerprint density at radius 1 is 1.32 bits per heavy atom. The lowest BCUT2D eigenvalue weighted by molar-refractivity contribution is -0.123. The van der Waals surface area contributed by atoms with Gasteiger partial charge in [-0.05, 0) is 25.2 Å². The fourth-order valence-electron chi connectivity index (χ4n) is 2.80. The zero-order valence-corrected chi connectivity index (χ0v) is 10.9. The highest BCUT2D eigenvalue weighted by molar-refractivity contribution is 5.76. The van der Waals surface area contributed by atoms with Gasteiger partial charge in [0, 0.05) is 38.4 Å². The number of amides is 1. The highest BCUT2D eigenvalue weighted by Gasteiger charge is 2.35. The molecule has 110 valence electrons. The molecule has 1 amide bonds. The van der Waals surface area contributed by atoms with E-state index >= 15 is 0 Å². The topological polar surface area (TPSA) is 41.1 Å². The van der Waals surface area contributed by atoms with Crippen LogP contribution in [-0.2, 0) is 4.79 Å². The monoisotopic (exact) mass is 278 g/mol. The van der Waals surface area contributed by atoms with Gasteiger partial charge in [-0.15, -0.1) is 0 Å². The molecule has 0 aromatic carbocycles. The number of alkyl halides is 3. The molecule has 2 aliphatic rings. The summed E-state index contributed by atoms with van der Waals surface area (Å²) in [5.74, 6) is -2.60. The van der Waals surface area contributed by atoms with Gasteiger partial charge < -0.3 is 10.6 Å². The molecule has 19 heavy (non-hydrogen) atoms. The summed E-state index contributed by atoms with van der Waals surface area (Å²) >= 11 is 0. The van der Waals surface area contributed by atoms with Crippen molar-refractivity contribution < 1.29 is 18.0 Å². The van der Waals surface area contributed by atoms with Crippen LogP contribution in [0.2, 0.25) is 0 Å². The Bertz CT molecular complexity index is 315. The fourth-order valence-corrected chi connectivity index (χ4v) is 2.80. The van der Waals surface area contributed by atoms with Crippen LogP contribution in [0.15, 0.2) is 0 Å². The van der Waals surface area contributed by atoms with Crippen molar-refractivity contribution in [3.63, 3.8) is 0 Å².